The van der Waals surface area contributed by atoms with Crippen molar-refractivity contribution in [3.63, 3.8) is 0 Å². The minimum absolute atomic E-state index is 0. The van der Waals surface area contributed by atoms with E-state index in [4.69, 9.17) is 0 Å². The van der Waals surface area contributed by atoms with Crippen LogP contribution in [-0.2, 0) is 0 Å². The standard InChI is InChI=1S/C15H23N3.HI/c1-4-16-15(17-11(2)3)18-14-10-13(14)12-8-6-5-7-9-12;/h5-9,11,13-14H,4,10H2,1-3H3,(H2,16,17,18);1H. The van der Waals surface area contributed by atoms with Crippen LogP contribution in [0.2, 0.25) is 0 Å². The second kappa shape index (κ2) is 7.72. The van der Waals surface area contributed by atoms with Gasteiger partial charge in [-0.2, -0.15) is 0 Å². The van der Waals surface area contributed by atoms with E-state index >= 15 is 0 Å². The minimum atomic E-state index is 0. The molecule has 106 valence electrons. The smallest absolute Gasteiger partial charge is 0.191 e. The highest BCUT2D eigenvalue weighted by Crippen LogP contribution is 2.40. The molecule has 1 aliphatic rings. The van der Waals surface area contributed by atoms with E-state index in [1.807, 2.05) is 0 Å². The first-order valence-electron chi connectivity index (χ1n) is 6.83. The number of hydrogen-bond donors (Lipinski definition) is 2. The van der Waals surface area contributed by atoms with Crippen LogP contribution in [0.4, 0.5) is 0 Å². The molecule has 0 heterocycles. The van der Waals surface area contributed by atoms with Crippen LogP contribution in [0.15, 0.2) is 35.3 Å². The molecule has 0 spiro atoms. The van der Waals surface area contributed by atoms with E-state index in [0.29, 0.717) is 18.0 Å². The number of benzene rings is 1. The van der Waals surface area contributed by atoms with E-state index in [1.165, 1.54) is 12.0 Å². The third-order valence-electron chi connectivity index (χ3n) is 3.08. The summed E-state index contributed by atoms with van der Waals surface area (Å²) in [5, 5.41) is 6.87. The Kier molecular flexibility index (Phi) is 6.62. The minimum Gasteiger partial charge on any atom is -0.354 e. The summed E-state index contributed by atoms with van der Waals surface area (Å²) in [6, 6.07) is 11.6. The third kappa shape index (κ3) is 5.01. The van der Waals surface area contributed by atoms with Gasteiger partial charge in [0.1, 0.15) is 0 Å². The Balaban J connectivity index is 0.00000180. The molecule has 0 bridgehead atoms. The van der Waals surface area contributed by atoms with Gasteiger partial charge in [0.25, 0.3) is 0 Å². The molecule has 3 nitrogen and oxygen atoms in total. The van der Waals surface area contributed by atoms with Crippen LogP contribution in [0.3, 0.4) is 0 Å². The number of nitrogens with one attached hydrogen (secondary N) is 2. The van der Waals surface area contributed by atoms with Crippen LogP contribution < -0.4 is 10.6 Å². The molecule has 19 heavy (non-hydrogen) atoms. The molecule has 0 aliphatic heterocycles. The van der Waals surface area contributed by atoms with Crippen LogP contribution >= 0.6 is 24.0 Å². The van der Waals surface area contributed by atoms with Gasteiger partial charge in [0.05, 0.1) is 0 Å². The molecule has 1 aromatic rings. The van der Waals surface area contributed by atoms with Gasteiger partial charge in [0, 0.05) is 24.5 Å². The van der Waals surface area contributed by atoms with Crippen molar-refractivity contribution in [1.29, 1.82) is 0 Å². The molecular weight excluding hydrogens is 349 g/mol. The summed E-state index contributed by atoms with van der Waals surface area (Å²) in [5.74, 6) is 1.58. The number of guanidine groups is 1. The van der Waals surface area contributed by atoms with E-state index in [0.717, 1.165) is 12.5 Å². The van der Waals surface area contributed by atoms with Gasteiger partial charge in [-0.05, 0) is 32.8 Å². The molecule has 0 aromatic heterocycles. The second-order valence-electron chi connectivity index (χ2n) is 5.13. The van der Waals surface area contributed by atoms with E-state index in [-0.39, 0.29) is 24.0 Å². The van der Waals surface area contributed by atoms with Crippen molar-refractivity contribution < 1.29 is 0 Å². The van der Waals surface area contributed by atoms with Crippen molar-refractivity contribution in [2.24, 2.45) is 4.99 Å². The highest BCUT2D eigenvalue weighted by molar-refractivity contribution is 14.0. The fourth-order valence-corrected chi connectivity index (χ4v) is 2.16. The zero-order valence-electron chi connectivity index (χ0n) is 11.9. The molecule has 0 saturated heterocycles. The predicted octanol–water partition coefficient (Wildman–Crippen LogP) is 3.12. The number of nitrogens with zero attached hydrogens (tertiary/aromatic N) is 1. The van der Waals surface area contributed by atoms with Crippen molar-refractivity contribution >= 4 is 29.9 Å². The maximum atomic E-state index is 4.47. The highest BCUT2D eigenvalue weighted by Gasteiger charge is 2.38. The first kappa shape index (κ1) is 16.3. The SMILES string of the molecule is CCN=C(NC(C)C)NC1CC1c1ccccc1.I. The van der Waals surface area contributed by atoms with Gasteiger partial charge in [-0.15, -0.1) is 24.0 Å². The maximum absolute atomic E-state index is 4.47. The van der Waals surface area contributed by atoms with Crippen LogP contribution in [-0.4, -0.2) is 24.6 Å². The molecule has 2 N–H and O–H groups in total. The molecule has 4 heteroatoms. The van der Waals surface area contributed by atoms with Crippen molar-refractivity contribution in [1.82, 2.24) is 10.6 Å². The first-order chi connectivity index (χ1) is 8.70. The topological polar surface area (TPSA) is 36.4 Å². The number of rotatable bonds is 4. The lowest BCUT2D eigenvalue weighted by molar-refractivity contribution is 0.692. The number of hydrogen-bond acceptors (Lipinski definition) is 1. The molecule has 0 amide bonds. The van der Waals surface area contributed by atoms with E-state index in [1.54, 1.807) is 0 Å². The summed E-state index contributed by atoms with van der Waals surface area (Å²) < 4.78 is 0. The largest absolute Gasteiger partial charge is 0.354 e. The lowest BCUT2D eigenvalue weighted by Crippen LogP contribution is -2.42. The van der Waals surface area contributed by atoms with Crippen LogP contribution in [0.25, 0.3) is 0 Å². The Morgan fingerprint density at radius 2 is 2.00 bits per heavy atom. The Morgan fingerprint density at radius 1 is 1.32 bits per heavy atom. The third-order valence-corrected chi connectivity index (χ3v) is 3.08. The van der Waals surface area contributed by atoms with Crippen molar-refractivity contribution in [2.75, 3.05) is 6.54 Å². The average Bonchev–Trinajstić information content (AvgIpc) is 3.09. The van der Waals surface area contributed by atoms with Crippen LogP contribution in [0, 0.1) is 0 Å². The maximum Gasteiger partial charge on any atom is 0.191 e. The Hall–Kier alpha value is -0.780. The van der Waals surface area contributed by atoms with Gasteiger partial charge in [0.2, 0.25) is 0 Å². The van der Waals surface area contributed by atoms with Crippen LogP contribution in [0.5, 0.6) is 0 Å². The highest BCUT2D eigenvalue weighted by atomic mass is 127. The van der Waals surface area contributed by atoms with Gasteiger partial charge < -0.3 is 10.6 Å². The molecule has 2 unspecified atom stereocenters. The van der Waals surface area contributed by atoms with Gasteiger partial charge in [-0.25, -0.2) is 0 Å². The number of halogens is 1. The summed E-state index contributed by atoms with van der Waals surface area (Å²) in [4.78, 5) is 4.47. The Bertz CT molecular complexity index is 403. The van der Waals surface area contributed by atoms with Gasteiger partial charge in [-0.1, -0.05) is 30.3 Å². The quantitative estimate of drug-likeness (QED) is 0.483. The molecule has 1 fully saturated rings. The Labute approximate surface area is 133 Å². The van der Waals surface area contributed by atoms with Crippen LogP contribution in [0.1, 0.15) is 38.7 Å². The fraction of sp³-hybridized carbons (Fsp3) is 0.533. The molecule has 1 aromatic carbocycles. The average molecular weight is 373 g/mol. The van der Waals surface area contributed by atoms with E-state index in [9.17, 15) is 0 Å². The summed E-state index contributed by atoms with van der Waals surface area (Å²) in [6.45, 7) is 7.14. The normalized spacial score (nSPS) is 21.8. The molecule has 1 aliphatic carbocycles. The molecule has 0 radical (unpaired) electrons. The zero-order valence-corrected chi connectivity index (χ0v) is 14.2. The summed E-state index contributed by atoms with van der Waals surface area (Å²) >= 11 is 0. The molecule has 2 atom stereocenters. The first-order valence-corrected chi connectivity index (χ1v) is 6.83. The monoisotopic (exact) mass is 373 g/mol. The summed E-state index contributed by atoms with van der Waals surface area (Å²) in [6.07, 6.45) is 1.20. The second-order valence-corrected chi connectivity index (χ2v) is 5.13. The zero-order chi connectivity index (χ0) is 13.0. The van der Waals surface area contributed by atoms with Gasteiger partial charge in [0.15, 0.2) is 5.96 Å². The number of aliphatic imine (C=N–C) groups is 1. The summed E-state index contributed by atoms with van der Waals surface area (Å²) in [5.41, 5.74) is 1.43. The molecule has 1 saturated carbocycles. The lowest BCUT2D eigenvalue weighted by Gasteiger charge is -2.15. The predicted molar refractivity (Wildman–Crippen MR) is 92.4 cm³/mol. The van der Waals surface area contributed by atoms with E-state index < -0.39 is 0 Å². The van der Waals surface area contributed by atoms with Crippen molar-refractivity contribution in [2.45, 2.75) is 45.2 Å². The summed E-state index contributed by atoms with van der Waals surface area (Å²) in [7, 11) is 0. The van der Waals surface area contributed by atoms with Crippen molar-refractivity contribution in [3.8, 4) is 0 Å². The van der Waals surface area contributed by atoms with Crippen molar-refractivity contribution in [3.05, 3.63) is 35.9 Å². The lowest BCUT2D eigenvalue weighted by atomic mass is 10.1. The Morgan fingerprint density at radius 3 is 2.58 bits per heavy atom. The molecule has 2 rings (SSSR count). The fourth-order valence-electron chi connectivity index (χ4n) is 2.16. The molecular formula is C15H24IN3. The van der Waals surface area contributed by atoms with E-state index in [2.05, 4.69) is 66.7 Å². The van der Waals surface area contributed by atoms with Gasteiger partial charge in [-0.3, -0.25) is 4.99 Å². The van der Waals surface area contributed by atoms with Gasteiger partial charge >= 0.3 is 0 Å².